The van der Waals surface area contributed by atoms with Crippen molar-refractivity contribution in [2.75, 3.05) is 13.7 Å². The molecular weight excluding hydrogens is 152 g/mol. The Balaban J connectivity index is 2.82. The minimum atomic E-state index is -0.00822. The van der Waals surface area contributed by atoms with Gasteiger partial charge in [0.15, 0.2) is 0 Å². The standard InChI is InChI=1S/C9H12N2O/c1-11-5-8-3-2-7(6-12)4-9(8)10/h2-5,10-12H,6H2,1H3/b8-5-,10-9?. The molecule has 3 heteroatoms. The molecule has 0 amide bonds. The third kappa shape index (κ3) is 1.83. The van der Waals surface area contributed by atoms with E-state index in [9.17, 15) is 0 Å². The molecule has 0 aliphatic heterocycles. The zero-order chi connectivity index (χ0) is 8.97. The van der Waals surface area contributed by atoms with Gasteiger partial charge in [-0.05, 0) is 11.6 Å². The van der Waals surface area contributed by atoms with Crippen molar-refractivity contribution in [1.82, 2.24) is 5.32 Å². The molecule has 0 bridgehead atoms. The van der Waals surface area contributed by atoms with Gasteiger partial charge in [-0.2, -0.15) is 0 Å². The van der Waals surface area contributed by atoms with Gasteiger partial charge in [-0.15, -0.1) is 0 Å². The van der Waals surface area contributed by atoms with Gasteiger partial charge < -0.3 is 15.8 Å². The molecule has 0 radical (unpaired) electrons. The first-order valence-electron chi connectivity index (χ1n) is 3.74. The molecule has 0 saturated heterocycles. The normalized spacial score (nSPS) is 19.7. The molecule has 3 nitrogen and oxygen atoms in total. The largest absolute Gasteiger partial charge is 0.393 e. The van der Waals surface area contributed by atoms with Crippen molar-refractivity contribution in [2.24, 2.45) is 0 Å². The first kappa shape index (κ1) is 8.74. The van der Waals surface area contributed by atoms with Crippen LogP contribution in [-0.2, 0) is 0 Å². The summed E-state index contributed by atoms with van der Waals surface area (Å²) in [5, 5.41) is 19.2. The van der Waals surface area contributed by atoms with Gasteiger partial charge in [0.25, 0.3) is 0 Å². The molecule has 0 aromatic carbocycles. The zero-order valence-corrected chi connectivity index (χ0v) is 6.96. The van der Waals surface area contributed by atoms with E-state index in [-0.39, 0.29) is 6.61 Å². The smallest absolute Gasteiger partial charge is 0.0682 e. The van der Waals surface area contributed by atoms with E-state index in [1.165, 1.54) is 0 Å². The van der Waals surface area contributed by atoms with E-state index in [1.807, 2.05) is 6.08 Å². The molecule has 0 aromatic rings. The molecule has 0 unspecified atom stereocenters. The van der Waals surface area contributed by atoms with E-state index < -0.39 is 0 Å². The molecule has 1 aliphatic carbocycles. The van der Waals surface area contributed by atoms with E-state index in [0.29, 0.717) is 5.71 Å². The third-order valence-corrected chi connectivity index (χ3v) is 1.60. The molecule has 12 heavy (non-hydrogen) atoms. The Morgan fingerprint density at radius 1 is 1.58 bits per heavy atom. The number of hydrogen-bond donors (Lipinski definition) is 3. The van der Waals surface area contributed by atoms with Crippen LogP contribution >= 0.6 is 0 Å². The molecule has 0 aromatic heterocycles. The van der Waals surface area contributed by atoms with E-state index in [1.54, 1.807) is 25.4 Å². The van der Waals surface area contributed by atoms with E-state index in [0.717, 1.165) is 11.1 Å². The molecule has 0 spiro atoms. The molecule has 64 valence electrons. The van der Waals surface area contributed by atoms with Crippen LogP contribution in [0.4, 0.5) is 0 Å². The predicted molar refractivity (Wildman–Crippen MR) is 49.2 cm³/mol. The van der Waals surface area contributed by atoms with Crippen LogP contribution in [0.5, 0.6) is 0 Å². The minimum Gasteiger partial charge on any atom is -0.393 e. The highest BCUT2D eigenvalue weighted by atomic mass is 16.3. The third-order valence-electron chi connectivity index (χ3n) is 1.60. The lowest BCUT2D eigenvalue weighted by Crippen LogP contribution is -2.06. The van der Waals surface area contributed by atoms with Crippen LogP contribution in [0, 0.1) is 5.41 Å². The average Bonchev–Trinajstić information content (AvgIpc) is 2.09. The van der Waals surface area contributed by atoms with Crippen LogP contribution in [0.1, 0.15) is 0 Å². The van der Waals surface area contributed by atoms with Crippen LogP contribution in [-0.4, -0.2) is 24.5 Å². The fraction of sp³-hybridized carbons (Fsp3) is 0.222. The Hall–Kier alpha value is -1.35. The molecule has 0 heterocycles. The van der Waals surface area contributed by atoms with Gasteiger partial charge in [0, 0.05) is 18.8 Å². The second-order valence-electron chi connectivity index (χ2n) is 2.51. The van der Waals surface area contributed by atoms with Gasteiger partial charge >= 0.3 is 0 Å². The topological polar surface area (TPSA) is 56.1 Å². The second kappa shape index (κ2) is 3.88. The first-order valence-corrected chi connectivity index (χ1v) is 3.74. The van der Waals surface area contributed by atoms with Crippen LogP contribution < -0.4 is 5.32 Å². The van der Waals surface area contributed by atoms with Crippen molar-refractivity contribution >= 4 is 5.71 Å². The van der Waals surface area contributed by atoms with Crippen molar-refractivity contribution in [3.05, 3.63) is 35.6 Å². The van der Waals surface area contributed by atoms with Crippen molar-refractivity contribution < 1.29 is 5.11 Å². The van der Waals surface area contributed by atoms with Crippen molar-refractivity contribution in [3.8, 4) is 0 Å². The van der Waals surface area contributed by atoms with Crippen LogP contribution in [0.2, 0.25) is 0 Å². The Bertz CT molecular complexity index is 274. The Labute approximate surface area is 71.6 Å². The first-order chi connectivity index (χ1) is 5.77. The maximum atomic E-state index is 8.77. The van der Waals surface area contributed by atoms with Crippen LogP contribution in [0.3, 0.4) is 0 Å². The van der Waals surface area contributed by atoms with Crippen molar-refractivity contribution in [2.45, 2.75) is 0 Å². The quantitative estimate of drug-likeness (QED) is 0.559. The van der Waals surface area contributed by atoms with Crippen LogP contribution in [0.25, 0.3) is 0 Å². The SMILES string of the molecule is CN/C=C1/C=CC(CO)=CC1=N. The minimum absolute atomic E-state index is 0.00822. The Morgan fingerprint density at radius 3 is 2.83 bits per heavy atom. The van der Waals surface area contributed by atoms with Gasteiger partial charge in [0.1, 0.15) is 0 Å². The van der Waals surface area contributed by atoms with E-state index >= 15 is 0 Å². The zero-order valence-electron chi connectivity index (χ0n) is 6.96. The highest BCUT2D eigenvalue weighted by Crippen LogP contribution is 2.11. The van der Waals surface area contributed by atoms with E-state index in [2.05, 4.69) is 5.32 Å². The summed E-state index contributed by atoms with van der Waals surface area (Å²) in [5.74, 6) is 0. The fourth-order valence-corrected chi connectivity index (χ4v) is 0.983. The maximum absolute atomic E-state index is 8.77. The van der Waals surface area contributed by atoms with Gasteiger partial charge in [-0.3, -0.25) is 0 Å². The number of hydrogen-bond acceptors (Lipinski definition) is 3. The summed E-state index contributed by atoms with van der Waals surface area (Å²) in [6.07, 6.45) is 7.03. The fourth-order valence-electron chi connectivity index (χ4n) is 0.983. The Morgan fingerprint density at radius 2 is 2.33 bits per heavy atom. The maximum Gasteiger partial charge on any atom is 0.0682 e. The summed E-state index contributed by atoms with van der Waals surface area (Å²) in [6, 6.07) is 0. The molecular formula is C9H12N2O. The highest BCUT2D eigenvalue weighted by molar-refractivity contribution is 6.10. The summed E-state index contributed by atoms with van der Waals surface area (Å²) in [6.45, 7) is -0.00822. The lowest BCUT2D eigenvalue weighted by molar-refractivity contribution is 0.335. The molecule has 3 N–H and O–H groups in total. The number of aliphatic hydroxyl groups excluding tert-OH is 1. The lowest BCUT2D eigenvalue weighted by Gasteiger charge is -2.07. The summed E-state index contributed by atoms with van der Waals surface area (Å²) in [7, 11) is 1.79. The monoisotopic (exact) mass is 164 g/mol. The molecule has 0 atom stereocenters. The molecule has 1 rings (SSSR count). The number of allylic oxidation sites excluding steroid dienone is 3. The molecule has 0 saturated carbocycles. The summed E-state index contributed by atoms with van der Waals surface area (Å²) < 4.78 is 0. The second-order valence-corrected chi connectivity index (χ2v) is 2.51. The average molecular weight is 164 g/mol. The predicted octanol–water partition coefficient (Wildman–Crippen LogP) is 0.598. The number of nitrogens with one attached hydrogen (secondary N) is 2. The summed E-state index contributed by atoms with van der Waals surface area (Å²) in [4.78, 5) is 0. The van der Waals surface area contributed by atoms with Crippen molar-refractivity contribution in [3.63, 3.8) is 0 Å². The van der Waals surface area contributed by atoms with E-state index in [4.69, 9.17) is 10.5 Å². The molecule has 1 aliphatic rings. The Kier molecular flexibility index (Phi) is 2.82. The van der Waals surface area contributed by atoms with Gasteiger partial charge in [-0.25, -0.2) is 0 Å². The van der Waals surface area contributed by atoms with Crippen LogP contribution in [0.15, 0.2) is 35.6 Å². The number of rotatable bonds is 2. The van der Waals surface area contributed by atoms with Gasteiger partial charge in [0.2, 0.25) is 0 Å². The number of aliphatic hydroxyl groups is 1. The van der Waals surface area contributed by atoms with Gasteiger partial charge in [0.05, 0.1) is 12.3 Å². The molecule has 0 fully saturated rings. The lowest BCUT2D eigenvalue weighted by atomic mass is 10.0. The van der Waals surface area contributed by atoms with Crippen molar-refractivity contribution in [1.29, 1.82) is 5.41 Å². The summed E-state index contributed by atoms with van der Waals surface area (Å²) in [5.41, 5.74) is 2.03. The summed E-state index contributed by atoms with van der Waals surface area (Å²) >= 11 is 0. The van der Waals surface area contributed by atoms with Gasteiger partial charge in [-0.1, -0.05) is 12.2 Å². The highest BCUT2D eigenvalue weighted by Gasteiger charge is 2.04.